The Morgan fingerprint density at radius 3 is 2.50 bits per heavy atom. The second-order valence-electron chi connectivity index (χ2n) is 5.56. The van der Waals surface area contributed by atoms with Crippen LogP contribution in [-0.4, -0.2) is 57.6 Å². The van der Waals surface area contributed by atoms with Crippen molar-refractivity contribution in [1.29, 1.82) is 0 Å². The van der Waals surface area contributed by atoms with Gasteiger partial charge >= 0.3 is 5.97 Å². The molecule has 1 aromatic carbocycles. The van der Waals surface area contributed by atoms with Gasteiger partial charge in [-0.05, 0) is 25.0 Å². The van der Waals surface area contributed by atoms with Crippen molar-refractivity contribution in [2.24, 2.45) is 5.92 Å². The summed E-state index contributed by atoms with van der Waals surface area (Å²) in [5.74, 6) is -2.14. The first-order valence-electron chi connectivity index (χ1n) is 7.48. The monoisotopic (exact) mass is 376 g/mol. The normalized spacial score (nSPS) is 19.9. The Balaban J connectivity index is 1.94. The molecule has 0 aliphatic carbocycles. The maximum Gasteiger partial charge on any atom is 0.307 e. The molecule has 134 valence electrons. The first-order valence-corrected chi connectivity index (χ1v) is 10.6. The molecule has 0 spiro atoms. The van der Waals surface area contributed by atoms with Gasteiger partial charge in [0.2, 0.25) is 20.0 Å². The number of carboxylic acids is 1. The van der Waals surface area contributed by atoms with E-state index in [-0.39, 0.29) is 24.5 Å². The van der Waals surface area contributed by atoms with E-state index in [1.54, 1.807) is 18.2 Å². The van der Waals surface area contributed by atoms with Crippen molar-refractivity contribution in [3.63, 3.8) is 0 Å². The van der Waals surface area contributed by atoms with Gasteiger partial charge in [-0.2, -0.15) is 0 Å². The fourth-order valence-corrected chi connectivity index (χ4v) is 5.13. The summed E-state index contributed by atoms with van der Waals surface area (Å²) in [4.78, 5) is 11.1. The van der Waals surface area contributed by atoms with Crippen molar-refractivity contribution in [2.45, 2.75) is 17.7 Å². The fraction of sp³-hybridized carbons (Fsp3) is 0.500. The van der Waals surface area contributed by atoms with E-state index in [1.165, 1.54) is 12.1 Å². The first-order chi connectivity index (χ1) is 11.2. The lowest BCUT2D eigenvalue weighted by atomic mass is 10.0. The molecule has 0 saturated carbocycles. The molecule has 1 aliphatic heterocycles. The highest BCUT2D eigenvalue weighted by Gasteiger charge is 2.32. The molecule has 0 amide bonds. The van der Waals surface area contributed by atoms with Crippen LogP contribution in [-0.2, 0) is 24.8 Å². The number of carboxylic acid groups (broad SMARTS) is 1. The minimum Gasteiger partial charge on any atom is -0.481 e. The molecule has 24 heavy (non-hydrogen) atoms. The minimum absolute atomic E-state index is 0.0614. The summed E-state index contributed by atoms with van der Waals surface area (Å²) in [6.07, 6.45) is 0.925. The molecule has 10 heteroatoms. The summed E-state index contributed by atoms with van der Waals surface area (Å²) in [5.41, 5.74) is 0. The van der Waals surface area contributed by atoms with E-state index in [0.717, 1.165) is 4.31 Å². The van der Waals surface area contributed by atoms with Gasteiger partial charge in [0.15, 0.2) is 0 Å². The third-order valence-corrected chi connectivity index (χ3v) is 7.15. The van der Waals surface area contributed by atoms with Crippen molar-refractivity contribution in [2.75, 3.05) is 25.4 Å². The summed E-state index contributed by atoms with van der Waals surface area (Å²) in [5, 5.41) is 9.02. The number of aliphatic carboxylic acids is 1. The quantitative estimate of drug-likeness (QED) is 0.696. The maximum absolute atomic E-state index is 12.3. The molecule has 1 saturated heterocycles. The smallest absolute Gasteiger partial charge is 0.307 e. The van der Waals surface area contributed by atoms with Gasteiger partial charge in [0.05, 0.1) is 16.6 Å². The third kappa shape index (κ3) is 4.76. The molecule has 8 nitrogen and oxygen atoms in total. The van der Waals surface area contributed by atoms with E-state index in [0.29, 0.717) is 12.8 Å². The average Bonchev–Trinajstić information content (AvgIpc) is 2.55. The highest BCUT2D eigenvalue weighted by molar-refractivity contribution is 7.90. The topological polar surface area (TPSA) is 121 Å². The second-order valence-corrected chi connectivity index (χ2v) is 9.42. The molecule has 2 rings (SSSR count). The number of benzene rings is 1. The van der Waals surface area contributed by atoms with Crippen LogP contribution in [0, 0.1) is 5.92 Å². The molecule has 1 aliphatic rings. The van der Waals surface area contributed by atoms with Gasteiger partial charge in [0.1, 0.15) is 0 Å². The van der Waals surface area contributed by atoms with E-state index in [1.807, 2.05) is 0 Å². The highest BCUT2D eigenvalue weighted by atomic mass is 32.2. The van der Waals surface area contributed by atoms with Gasteiger partial charge in [0, 0.05) is 19.6 Å². The molecule has 1 fully saturated rings. The fourth-order valence-electron chi connectivity index (χ4n) is 2.51. The average molecular weight is 376 g/mol. The van der Waals surface area contributed by atoms with Crippen LogP contribution < -0.4 is 4.72 Å². The number of carbonyl (C=O) groups is 1. The summed E-state index contributed by atoms with van der Waals surface area (Å²) in [7, 11) is -7.48. The van der Waals surface area contributed by atoms with E-state index >= 15 is 0 Å². The van der Waals surface area contributed by atoms with Crippen LogP contribution in [0.3, 0.4) is 0 Å². The zero-order valence-corrected chi connectivity index (χ0v) is 14.6. The van der Waals surface area contributed by atoms with E-state index < -0.39 is 37.7 Å². The number of sulfonamides is 2. The van der Waals surface area contributed by atoms with E-state index in [4.69, 9.17) is 5.11 Å². The predicted molar refractivity (Wildman–Crippen MR) is 87.4 cm³/mol. The molecule has 1 unspecified atom stereocenters. The Labute approximate surface area is 141 Å². The molecule has 1 aromatic rings. The van der Waals surface area contributed by atoms with Crippen molar-refractivity contribution in [3.8, 4) is 0 Å². The maximum atomic E-state index is 12.3. The van der Waals surface area contributed by atoms with Crippen LogP contribution in [0.2, 0.25) is 0 Å². The largest absolute Gasteiger partial charge is 0.481 e. The molecule has 1 heterocycles. The lowest BCUT2D eigenvalue weighted by molar-refractivity contribution is -0.142. The van der Waals surface area contributed by atoms with Crippen LogP contribution in [0.15, 0.2) is 35.2 Å². The molecule has 0 aromatic heterocycles. The number of nitrogens with one attached hydrogen (secondary N) is 1. The van der Waals surface area contributed by atoms with Crippen molar-refractivity contribution in [3.05, 3.63) is 30.3 Å². The number of rotatable bonds is 7. The number of piperidine rings is 1. The van der Waals surface area contributed by atoms with Crippen LogP contribution in [0.25, 0.3) is 0 Å². The van der Waals surface area contributed by atoms with Crippen molar-refractivity contribution < 1.29 is 26.7 Å². The second kappa shape index (κ2) is 7.60. The zero-order chi connectivity index (χ0) is 17.8. The molecule has 0 radical (unpaired) electrons. The standard InChI is InChI=1S/C14H20N2O6S2/c17-14(18)12-5-4-9-16(11-12)23(19,20)10-8-15-24(21,22)13-6-2-1-3-7-13/h1-3,6-7,12,15H,4-5,8-11H2,(H,17,18). The zero-order valence-electron chi connectivity index (χ0n) is 13.0. The first kappa shape index (κ1) is 18.8. The highest BCUT2D eigenvalue weighted by Crippen LogP contribution is 2.19. The molecule has 0 bridgehead atoms. The summed E-state index contributed by atoms with van der Waals surface area (Å²) in [6, 6.07) is 7.66. The number of nitrogens with zero attached hydrogens (tertiary/aromatic N) is 1. The Hall–Kier alpha value is -1.49. The lowest BCUT2D eigenvalue weighted by Crippen LogP contribution is -2.44. The van der Waals surface area contributed by atoms with Gasteiger partial charge in [-0.3, -0.25) is 4.79 Å². The Morgan fingerprint density at radius 1 is 1.21 bits per heavy atom. The molecular formula is C14H20N2O6S2. The van der Waals surface area contributed by atoms with Gasteiger partial charge in [-0.25, -0.2) is 25.9 Å². The summed E-state index contributed by atoms with van der Waals surface area (Å²) >= 11 is 0. The molecule has 1 atom stereocenters. The van der Waals surface area contributed by atoms with Crippen LogP contribution in [0.1, 0.15) is 12.8 Å². The van der Waals surface area contributed by atoms with Crippen LogP contribution in [0.5, 0.6) is 0 Å². The molecular weight excluding hydrogens is 356 g/mol. The number of hydrogen-bond donors (Lipinski definition) is 2. The Kier molecular flexibility index (Phi) is 5.97. The lowest BCUT2D eigenvalue weighted by Gasteiger charge is -2.29. The van der Waals surface area contributed by atoms with Gasteiger partial charge in [-0.1, -0.05) is 18.2 Å². The number of hydrogen-bond acceptors (Lipinski definition) is 5. The van der Waals surface area contributed by atoms with E-state index in [9.17, 15) is 21.6 Å². The third-order valence-electron chi connectivity index (χ3n) is 3.83. The van der Waals surface area contributed by atoms with Gasteiger partial charge < -0.3 is 5.11 Å². The summed E-state index contributed by atoms with van der Waals surface area (Å²) < 4.78 is 52.0. The SMILES string of the molecule is O=C(O)C1CCCN(S(=O)(=O)CCNS(=O)(=O)c2ccccc2)C1. The van der Waals surface area contributed by atoms with Crippen molar-refractivity contribution in [1.82, 2.24) is 9.03 Å². The Bertz CT molecular complexity index is 777. The van der Waals surface area contributed by atoms with E-state index in [2.05, 4.69) is 4.72 Å². The summed E-state index contributed by atoms with van der Waals surface area (Å²) in [6.45, 7) is -0.0750. The van der Waals surface area contributed by atoms with Gasteiger partial charge in [0.25, 0.3) is 0 Å². The van der Waals surface area contributed by atoms with Gasteiger partial charge in [-0.15, -0.1) is 0 Å². The molecule has 2 N–H and O–H groups in total. The van der Waals surface area contributed by atoms with Crippen LogP contribution in [0.4, 0.5) is 0 Å². The minimum atomic E-state index is -3.76. The van der Waals surface area contributed by atoms with Crippen LogP contribution >= 0.6 is 0 Å². The Morgan fingerprint density at radius 2 is 1.88 bits per heavy atom. The predicted octanol–water partition coefficient (Wildman–Crippen LogP) is 0.0913. The van der Waals surface area contributed by atoms with Crippen molar-refractivity contribution >= 4 is 26.0 Å².